The van der Waals surface area contributed by atoms with Crippen LogP contribution in [0, 0.1) is 0 Å². The first kappa shape index (κ1) is 18.5. The van der Waals surface area contributed by atoms with Crippen LogP contribution in [0.25, 0.3) is 0 Å². The van der Waals surface area contributed by atoms with E-state index in [-0.39, 0.29) is 0 Å². The summed E-state index contributed by atoms with van der Waals surface area (Å²) in [6.07, 6.45) is 0. The van der Waals surface area contributed by atoms with Gasteiger partial charge in [-0.15, -0.1) is 0 Å². The van der Waals surface area contributed by atoms with Crippen molar-refractivity contribution in [1.82, 2.24) is 0 Å². The van der Waals surface area contributed by atoms with Gasteiger partial charge in [0.1, 0.15) is 13.1 Å². The zero-order valence-electron chi connectivity index (χ0n) is 10.4. The van der Waals surface area contributed by atoms with Gasteiger partial charge >= 0.3 is 5.96 Å². The summed E-state index contributed by atoms with van der Waals surface area (Å²) < 4.78 is 34.1. The highest BCUT2D eigenvalue weighted by atomic mass is 32.3. The van der Waals surface area contributed by atoms with E-state index < -0.39 is 10.4 Å². The molecule has 6 N–H and O–H groups in total. The molecule has 0 spiro atoms. The van der Waals surface area contributed by atoms with Crippen molar-refractivity contribution in [2.45, 2.75) is 26.8 Å². The Morgan fingerprint density at radius 2 is 1.76 bits per heavy atom. The molecule has 0 aromatic rings. The van der Waals surface area contributed by atoms with E-state index in [1.54, 1.807) is 4.90 Å². The van der Waals surface area contributed by atoms with Gasteiger partial charge in [-0.25, -0.2) is 0 Å². The number of nitrogens with one attached hydrogen (secondary N) is 2. The minimum Gasteiger partial charge on any atom is -0.759 e. The van der Waals surface area contributed by atoms with E-state index in [2.05, 4.69) is 25.8 Å². The SMILES string of the molecule is CC[NH+](CC[NH+]=C(N)N)C(C)C.O=S(=O)([O-])[O-]. The second kappa shape index (κ2) is 9.16. The molecule has 0 rings (SSSR count). The average Bonchev–Trinajstić information content (AvgIpc) is 2.08. The topological polar surface area (TPSA) is 151 Å². The number of nitrogens with two attached hydrogens (primary N) is 2. The molecule has 8 nitrogen and oxygen atoms in total. The molecule has 17 heavy (non-hydrogen) atoms. The summed E-state index contributed by atoms with van der Waals surface area (Å²) in [5.74, 6) is 0.314. The first-order valence-corrected chi connectivity index (χ1v) is 6.54. The summed E-state index contributed by atoms with van der Waals surface area (Å²) >= 11 is 0. The maximum Gasteiger partial charge on any atom is 0.338 e. The number of hydrogen-bond donors (Lipinski definition) is 4. The van der Waals surface area contributed by atoms with Crippen molar-refractivity contribution in [3.8, 4) is 0 Å². The zero-order chi connectivity index (χ0) is 14.1. The number of hydrogen-bond acceptors (Lipinski definition) is 4. The van der Waals surface area contributed by atoms with Crippen LogP contribution in [0.4, 0.5) is 0 Å². The van der Waals surface area contributed by atoms with E-state index in [0.717, 1.165) is 19.6 Å². The Morgan fingerprint density at radius 3 is 2.00 bits per heavy atom. The third kappa shape index (κ3) is 21.0. The van der Waals surface area contributed by atoms with Crippen molar-refractivity contribution in [2.24, 2.45) is 11.5 Å². The molecule has 0 saturated heterocycles. The predicted molar refractivity (Wildman–Crippen MR) is 61.2 cm³/mol. The van der Waals surface area contributed by atoms with E-state index in [1.165, 1.54) is 0 Å². The highest BCUT2D eigenvalue weighted by molar-refractivity contribution is 7.79. The van der Waals surface area contributed by atoms with Gasteiger partial charge in [0.25, 0.3) is 0 Å². The molecular formula is C8H22N4O4S. The lowest BCUT2D eigenvalue weighted by Gasteiger charge is -2.20. The second-order valence-corrected chi connectivity index (χ2v) is 4.52. The monoisotopic (exact) mass is 270 g/mol. The van der Waals surface area contributed by atoms with E-state index in [0.29, 0.717) is 12.0 Å². The molecule has 0 fully saturated rings. The molecule has 0 aliphatic heterocycles. The Hall–Kier alpha value is -0.900. The first-order valence-electron chi connectivity index (χ1n) is 5.21. The van der Waals surface area contributed by atoms with Crippen LogP contribution in [-0.2, 0) is 10.4 Å². The number of rotatable bonds is 5. The van der Waals surface area contributed by atoms with Crippen molar-refractivity contribution >= 4 is 16.4 Å². The summed E-state index contributed by atoms with van der Waals surface area (Å²) in [6, 6.07) is 0.663. The van der Waals surface area contributed by atoms with Crippen LogP contribution in [-0.4, -0.2) is 49.2 Å². The molecule has 1 unspecified atom stereocenters. The van der Waals surface area contributed by atoms with Gasteiger partial charge in [-0.1, -0.05) is 0 Å². The largest absolute Gasteiger partial charge is 0.759 e. The van der Waals surface area contributed by atoms with Crippen molar-refractivity contribution in [3.63, 3.8) is 0 Å². The minimum absolute atomic E-state index is 0.314. The van der Waals surface area contributed by atoms with E-state index >= 15 is 0 Å². The van der Waals surface area contributed by atoms with Gasteiger partial charge < -0.3 is 14.0 Å². The van der Waals surface area contributed by atoms with Crippen molar-refractivity contribution in [3.05, 3.63) is 0 Å². The molecule has 0 aliphatic rings. The number of guanidine groups is 1. The smallest absolute Gasteiger partial charge is 0.338 e. The van der Waals surface area contributed by atoms with Gasteiger partial charge in [0.05, 0.1) is 12.6 Å². The summed E-state index contributed by atoms with van der Waals surface area (Å²) in [4.78, 5) is 4.48. The molecule has 0 heterocycles. The predicted octanol–water partition coefficient (Wildman–Crippen LogP) is -4.68. The standard InChI is InChI=1S/C8H20N4.H2O4S/c1-4-12(7(2)3)6-5-11-8(9)10;1-5(2,3)4/h7H,4-6H2,1-3H3,(H4,9,10,11);(H2,1,2,3,4). The Labute approximate surface area is 102 Å². The molecule has 0 saturated carbocycles. The van der Waals surface area contributed by atoms with Gasteiger partial charge in [0.15, 0.2) is 0 Å². The fraction of sp³-hybridized carbons (Fsp3) is 0.875. The molecule has 0 bridgehead atoms. The molecule has 0 radical (unpaired) electrons. The van der Waals surface area contributed by atoms with Gasteiger partial charge in [-0.2, -0.15) is 0 Å². The highest BCUT2D eigenvalue weighted by Crippen LogP contribution is 1.65. The number of quaternary nitrogens is 1. The zero-order valence-corrected chi connectivity index (χ0v) is 11.2. The maximum atomic E-state index is 8.52. The van der Waals surface area contributed by atoms with Crippen LogP contribution in [0.15, 0.2) is 0 Å². The third-order valence-corrected chi connectivity index (χ3v) is 2.05. The Balaban J connectivity index is 0. The quantitative estimate of drug-likeness (QED) is 0.171. The molecule has 0 aromatic heterocycles. The Morgan fingerprint density at radius 1 is 1.35 bits per heavy atom. The Bertz CT molecular complexity index is 303. The van der Waals surface area contributed by atoms with Crippen LogP contribution >= 0.6 is 0 Å². The summed E-state index contributed by atoms with van der Waals surface area (Å²) in [5.41, 5.74) is 10.5. The molecule has 1 atom stereocenters. The van der Waals surface area contributed by atoms with Crippen LogP contribution in [0.5, 0.6) is 0 Å². The lowest BCUT2D eigenvalue weighted by atomic mass is 10.3. The summed E-state index contributed by atoms with van der Waals surface area (Å²) in [6.45, 7) is 9.67. The van der Waals surface area contributed by atoms with Crippen LogP contribution < -0.4 is 21.4 Å². The molecular weight excluding hydrogens is 248 g/mol. The fourth-order valence-electron chi connectivity index (χ4n) is 1.24. The fourth-order valence-corrected chi connectivity index (χ4v) is 1.24. The average molecular weight is 270 g/mol. The van der Waals surface area contributed by atoms with Crippen molar-refractivity contribution in [2.75, 3.05) is 19.6 Å². The van der Waals surface area contributed by atoms with E-state index in [1.807, 2.05) is 0 Å². The van der Waals surface area contributed by atoms with E-state index in [9.17, 15) is 0 Å². The molecule has 0 aliphatic carbocycles. The lowest BCUT2D eigenvalue weighted by Crippen LogP contribution is -3.16. The van der Waals surface area contributed by atoms with Crippen LogP contribution in [0.1, 0.15) is 20.8 Å². The van der Waals surface area contributed by atoms with Crippen molar-refractivity contribution in [1.29, 1.82) is 0 Å². The molecule has 0 amide bonds. The van der Waals surface area contributed by atoms with E-state index in [4.69, 9.17) is 29.0 Å². The molecule has 104 valence electrons. The molecule has 0 aromatic carbocycles. The number of likely N-dealkylation sites (N-methyl/N-ethyl adjacent to an activating group) is 1. The summed E-state index contributed by atoms with van der Waals surface area (Å²) in [5, 5.41) is 0. The van der Waals surface area contributed by atoms with Crippen LogP contribution in [0.2, 0.25) is 0 Å². The Kier molecular flexibility index (Phi) is 9.95. The summed E-state index contributed by atoms with van der Waals surface area (Å²) in [7, 11) is -5.17. The van der Waals surface area contributed by atoms with Gasteiger partial charge in [-0.3, -0.25) is 24.9 Å². The van der Waals surface area contributed by atoms with Crippen LogP contribution in [0.3, 0.4) is 0 Å². The van der Waals surface area contributed by atoms with Gasteiger partial charge in [0, 0.05) is 10.4 Å². The maximum absolute atomic E-state index is 8.52. The normalized spacial score (nSPS) is 12.6. The molecule has 9 heteroatoms. The highest BCUT2D eigenvalue weighted by Gasteiger charge is 2.08. The minimum atomic E-state index is -5.17. The third-order valence-electron chi connectivity index (χ3n) is 2.05. The lowest BCUT2D eigenvalue weighted by molar-refractivity contribution is -0.925. The first-order chi connectivity index (χ1) is 7.57. The van der Waals surface area contributed by atoms with Gasteiger partial charge in [-0.05, 0) is 20.8 Å². The second-order valence-electron chi connectivity index (χ2n) is 3.71. The van der Waals surface area contributed by atoms with Crippen molar-refractivity contribution < 1.29 is 27.4 Å². The van der Waals surface area contributed by atoms with Gasteiger partial charge in [0.2, 0.25) is 0 Å².